The molecule has 0 bridgehead atoms. The van der Waals surface area contributed by atoms with Gasteiger partial charge in [-0.3, -0.25) is 4.99 Å². The molecule has 4 heteroatoms. The molecule has 2 aromatic rings. The fourth-order valence-corrected chi connectivity index (χ4v) is 3.56. The third-order valence-corrected chi connectivity index (χ3v) is 4.65. The monoisotopic (exact) mass is 394 g/mol. The third-order valence-electron chi connectivity index (χ3n) is 4.65. The molecule has 1 aromatic heterocycles. The quantitative estimate of drug-likeness (QED) is 0.333. The summed E-state index contributed by atoms with van der Waals surface area (Å²) in [4.78, 5) is 7.78. The van der Waals surface area contributed by atoms with E-state index in [4.69, 9.17) is 12.3 Å². The van der Waals surface area contributed by atoms with Crippen molar-refractivity contribution in [3.05, 3.63) is 54.8 Å². The van der Waals surface area contributed by atoms with E-state index in [1.54, 1.807) is 6.08 Å². The minimum Gasteiger partial charge on any atom is -0.400 e. The molecule has 3 rings (SSSR count). The molecule has 24 heavy (non-hydrogen) atoms. The normalized spacial score (nSPS) is 21.8. The predicted molar refractivity (Wildman–Crippen MR) is 96.6 cm³/mol. The predicted octanol–water partition coefficient (Wildman–Crippen LogP) is 4.80. The number of nitrogens with two attached hydrogens (primary N) is 1. The van der Waals surface area contributed by atoms with Crippen LogP contribution in [-0.2, 0) is 32.7 Å². The maximum absolute atomic E-state index is 5.83. The Morgan fingerprint density at radius 3 is 3.00 bits per heavy atom. The van der Waals surface area contributed by atoms with E-state index >= 15 is 0 Å². The molecule has 3 nitrogen and oxygen atoms in total. The first-order chi connectivity index (χ1) is 11.2. The van der Waals surface area contributed by atoms with E-state index in [9.17, 15) is 0 Å². The van der Waals surface area contributed by atoms with Crippen LogP contribution in [0.1, 0.15) is 44.1 Å². The van der Waals surface area contributed by atoms with E-state index in [-0.39, 0.29) is 32.7 Å². The van der Waals surface area contributed by atoms with Gasteiger partial charge in [-0.2, -0.15) is 0 Å². The summed E-state index contributed by atoms with van der Waals surface area (Å²) < 4.78 is 0. The number of amidine groups is 1. The van der Waals surface area contributed by atoms with Crippen LogP contribution in [0.25, 0.3) is 10.9 Å². The van der Waals surface area contributed by atoms with Crippen molar-refractivity contribution in [3.8, 4) is 0 Å². The van der Waals surface area contributed by atoms with E-state index in [1.165, 1.54) is 42.7 Å². The van der Waals surface area contributed by atoms with Gasteiger partial charge >= 0.3 is 0 Å². The molecular weight excluding hydrogens is 371 g/mol. The van der Waals surface area contributed by atoms with Crippen molar-refractivity contribution in [2.75, 3.05) is 0 Å². The van der Waals surface area contributed by atoms with Crippen molar-refractivity contribution in [1.29, 1.82) is 0 Å². The van der Waals surface area contributed by atoms with E-state index in [0.29, 0.717) is 11.8 Å². The summed E-state index contributed by atoms with van der Waals surface area (Å²) in [5.41, 5.74) is 9.25. The summed E-state index contributed by atoms with van der Waals surface area (Å²) in [6, 6.07) is 6.14. The summed E-state index contributed by atoms with van der Waals surface area (Å²) in [7, 11) is 0. The van der Waals surface area contributed by atoms with Crippen molar-refractivity contribution in [3.63, 3.8) is 0 Å². The number of allylic oxidation sites excluding steroid dienone is 2. The molecule has 0 aliphatic heterocycles. The first-order valence-electron chi connectivity index (χ1n) is 8.26. The Bertz CT molecular complexity index is 757. The van der Waals surface area contributed by atoms with Gasteiger partial charge in [0.15, 0.2) is 0 Å². The number of aliphatic imine (C=N–C) groups is 1. The van der Waals surface area contributed by atoms with Crippen LogP contribution in [-0.4, -0.2) is 10.8 Å². The number of fused-ring (bicyclic) bond motifs is 1. The molecule has 0 amide bonds. The first-order valence-corrected chi connectivity index (χ1v) is 8.26. The van der Waals surface area contributed by atoms with Crippen LogP contribution in [0, 0.1) is 18.6 Å². The zero-order chi connectivity index (χ0) is 16.2. The second-order valence-corrected chi connectivity index (χ2v) is 6.44. The van der Waals surface area contributed by atoms with Gasteiger partial charge in [0.2, 0.25) is 0 Å². The number of aromatic amines is 1. The minimum absolute atomic E-state index is 0. The number of rotatable bonds is 4. The molecule has 123 valence electrons. The summed E-state index contributed by atoms with van der Waals surface area (Å²) in [5, 5.41) is 1.26. The van der Waals surface area contributed by atoms with Crippen LogP contribution in [0.3, 0.4) is 0 Å². The number of aromatic nitrogens is 1. The molecule has 2 atom stereocenters. The van der Waals surface area contributed by atoms with E-state index < -0.39 is 0 Å². The number of hydrogen-bond acceptors (Lipinski definition) is 1. The van der Waals surface area contributed by atoms with Gasteiger partial charge in [-0.15, -0.1) is 0 Å². The largest absolute Gasteiger partial charge is 0.400 e. The molecule has 1 aliphatic carbocycles. The van der Waals surface area contributed by atoms with Crippen molar-refractivity contribution in [2.45, 2.75) is 38.5 Å². The second kappa shape index (κ2) is 8.78. The van der Waals surface area contributed by atoms with E-state index in [1.807, 2.05) is 6.07 Å². The number of H-pyrrole nitrogens is 1. The molecule has 1 aliphatic rings. The smallest absolute Gasteiger partial charge is 0.0641 e. The van der Waals surface area contributed by atoms with E-state index in [0.717, 1.165) is 17.1 Å². The van der Waals surface area contributed by atoms with Crippen LogP contribution in [0.5, 0.6) is 0 Å². The fraction of sp³-hybridized carbons (Fsp3) is 0.350. The van der Waals surface area contributed by atoms with Gasteiger partial charge in [-0.05, 0) is 48.4 Å². The van der Waals surface area contributed by atoms with Gasteiger partial charge in [0, 0.05) is 55.6 Å². The average molecular weight is 394 g/mol. The molecule has 0 saturated heterocycles. The molecule has 1 saturated carbocycles. The molecular formula is C20H23N3Y-2. The van der Waals surface area contributed by atoms with Gasteiger partial charge in [0.05, 0.1) is 5.69 Å². The van der Waals surface area contributed by atoms with Gasteiger partial charge in [-0.25, -0.2) is 0 Å². The van der Waals surface area contributed by atoms with Gasteiger partial charge in [-0.1, -0.05) is 19.8 Å². The summed E-state index contributed by atoms with van der Waals surface area (Å²) in [6.45, 7) is 7.64. The second-order valence-electron chi connectivity index (χ2n) is 6.44. The average Bonchev–Trinajstić information content (AvgIpc) is 2.96. The minimum atomic E-state index is 0. The van der Waals surface area contributed by atoms with Crippen molar-refractivity contribution < 1.29 is 32.7 Å². The van der Waals surface area contributed by atoms with Gasteiger partial charge in [0.1, 0.15) is 0 Å². The third kappa shape index (κ3) is 4.46. The van der Waals surface area contributed by atoms with Crippen molar-refractivity contribution >= 4 is 22.4 Å². The maximum Gasteiger partial charge on any atom is 0.0641 e. The van der Waals surface area contributed by atoms with Crippen LogP contribution < -0.4 is 5.73 Å². The Labute approximate surface area is 169 Å². The molecule has 1 fully saturated rings. The Balaban J connectivity index is 0.00000208. The molecule has 1 radical (unpaired) electrons. The maximum atomic E-state index is 5.83. The summed E-state index contributed by atoms with van der Waals surface area (Å²) >= 11 is 0. The Morgan fingerprint density at radius 1 is 1.42 bits per heavy atom. The topological polar surface area (TPSA) is 54.2 Å². The zero-order valence-corrected chi connectivity index (χ0v) is 17.0. The molecule has 0 spiro atoms. The Morgan fingerprint density at radius 2 is 2.25 bits per heavy atom. The van der Waals surface area contributed by atoms with Crippen LogP contribution in [0.4, 0.5) is 5.69 Å². The van der Waals surface area contributed by atoms with Crippen molar-refractivity contribution in [2.24, 2.45) is 16.6 Å². The summed E-state index contributed by atoms with van der Waals surface area (Å²) in [6.07, 6.45) is 13.1. The number of benzene rings is 1. The van der Waals surface area contributed by atoms with E-state index in [2.05, 4.69) is 41.3 Å². The SMILES string of the molecule is [CH-]=CC=[C-]C(N)=Nc1ccc2[nH]cc(C3CCCC(C)C3)c2c1.[Y]. The fourth-order valence-electron chi connectivity index (χ4n) is 3.56. The Kier molecular flexibility index (Phi) is 7.00. The van der Waals surface area contributed by atoms with Crippen molar-refractivity contribution in [1.82, 2.24) is 4.98 Å². The number of nitrogens with one attached hydrogen (secondary N) is 1. The number of nitrogens with zero attached hydrogens (tertiary/aromatic N) is 1. The molecule has 1 heterocycles. The van der Waals surface area contributed by atoms with Crippen LogP contribution >= 0.6 is 0 Å². The Hall–Kier alpha value is -1.19. The molecule has 3 N–H and O–H groups in total. The number of hydrogen-bond donors (Lipinski definition) is 2. The van der Waals surface area contributed by atoms with Crippen LogP contribution in [0.2, 0.25) is 0 Å². The summed E-state index contributed by atoms with van der Waals surface area (Å²) in [5.74, 6) is 1.78. The zero-order valence-electron chi connectivity index (χ0n) is 14.1. The standard InChI is InChI=1S/C20H23N3.Y/c1-3-4-8-20(21)23-16-9-10-19-17(12-16)18(13-22-19)15-7-5-6-14(2)11-15;/h1,3-4,9-10,12-15,22H,5-7,11H2,2H3,(H2,21,23);/q-2;. The van der Waals surface area contributed by atoms with Gasteiger partial charge in [0.25, 0.3) is 0 Å². The molecule has 1 aromatic carbocycles. The van der Waals surface area contributed by atoms with Crippen LogP contribution in [0.15, 0.2) is 41.5 Å². The van der Waals surface area contributed by atoms with Gasteiger partial charge < -0.3 is 35.5 Å². The first kappa shape index (κ1) is 19.1. The molecule has 2 unspecified atom stereocenters.